The highest BCUT2D eigenvalue weighted by Gasteiger charge is 2.11. The topological polar surface area (TPSA) is 74.5 Å². The number of nitriles is 1. The SMILES string of the molecule is CCCOC(=O)/C(C#N)=N\Nc1cccc(C)c1. The average molecular weight is 245 g/mol. The van der Waals surface area contributed by atoms with Gasteiger partial charge in [0.2, 0.25) is 5.71 Å². The van der Waals surface area contributed by atoms with Gasteiger partial charge in [-0.3, -0.25) is 5.43 Å². The molecule has 0 amide bonds. The number of carbonyl (C=O) groups excluding carboxylic acids is 1. The van der Waals surface area contributed by atoms with E-state index < -0.39 is 5.97 Å². The van der Waals surface area contributed by atoms with Crippen molar-refractivity contribution in [2.45, 2.75) is 20.3 Å². The lowest BCUT2D eigenvalue weighted by Crippen LogP contribution is -2.17. The number of esters is 1. The third kappa shape index (κ3) is 4.26. The van der Waals surface area contributed by atoms with Crippen molar-refractivity contribution in [1.82, 2.24) is 0 Å². The summed E-state index contributed by atoms with van der Waals surface area (Å²) in [6.07, 6.45) is 0.704. The van der Waals surface area contributed by atoms with Crippen LogP contribution in [0.3, 0.4) is 0 Å². The lowest BCUT2D eigenvalue weighted by atomic mass is 10.2. The molecule has 0 radical (unpaired) electrons. The summed E-state index contributed by atoms with van der Waals surface area (Å²) in [5, 5.41) is 12.5. The molecule has 0 heterocycles. The van der Waals surface area contributed by atoms with Crippen LogP contribution in [0.15, 0.2) is 29.4 Å². The monoisotopic (exact) mass is 245 g/mol. The first-order chi connectivity index (χ1) is 8.67. The molecule has 0 aliphatic rings. The van der Waals surface area contributed by atoms with Crippen molar-refractivity contribution in [3.05, 3.63) is 29.8 Å². The third-order valence-electron chi connectivity index (χ3n) is 2.05. The van der Waals surface area contributed by atoms with Crippen molar-refractivity contribution < 1.29 is 9.53 Å². The molecule has 0 atom stereocenters. The highest BCUT2D eigenvalue weighted by atomic mass is 16.5. The maximum Gasteiger partial charge on any atom is 0.369 e. The highest BCUT2D eigenvalue weighted by molar-refractivity contribution is 6.43. The summed E-state index contributed by atoms with van der Waals surface area (Å²) in [4.78, 5) is 11.4. The molecule has 0 saturated carbocycles. The van der Waals surface area contributed by atoms with E-state index in [4.69, 9.17) is 10.00 Å². The molecule has 1 aromatic carbocycles. The minimum atomic E-state index is -0.709. The zero-order valence-electron chi connectivity index (χ0n) is 10.4. The Morgan fingerprint density at radius 3 is 2.94 bits per heavy atom. The van der Waals surface area contributed by atoms with Crippen LogP contribution in [0.25, 0.3) is 0 Å². The van der Waals surface area contributed by atoms with E-state index in [-0.39, 0.29) is 12.3 Å². The predicted molar refractivity (Wildman–Crippen MR) is 69.1 cm³/mol. The second-order valence-electron chi connectivity index (χ2n) is 3.69. The Morgan fingerprint density at radius 2 is 2.33 bits per heavy atom. The maximum absolute atomic E-state index is 11.4. The van der Waals surface area contributed by atoms with E-state index in [1.54, 1.807) is 12.1 Å². The lowest BCUT2D eigenvalue weighted by Gasteiger charge is -2.03. The summed E-state index contributed by atoms with van der Waals surface area (Å²) in [6.45, 7) is 4.10. The van der Waals surface area contributed by atoms with Crippen molar-refractivity contribution in [2.75, 3.05) is 12.0 Å². The molecule has 0 spiro atoms. The number of nitrogens with one attached hydrogen (secondary N) is 1. The number of aryl methyl sites for hydroxylation is 1. The number of hydrogen-bond donors (Lipinski definition) is 1. The van der Waals surface area contributed by atoms with Crippen LogP contribution in [-0.2, 0) is 9.53 Å². The standard InChI is InChI=1S/C13H15N3O2/c1-3-7-18-13(17)12(9-14)16-15-11-6-4-5-10(2)8-11/h4-6,8,15H,3,7H2,1-2H3/b16-12-. The molecule has 0 aromatic heterocycles. The first-order valence-electron chi connectivity index (χ1n) is 5.65. The smallest absolute Gasteiger partial charge is 0.369 e. The molecule has 0 aliphatic heterocycles. The van der Waals surface area contributed by atoms with Crippen LogP contribution in [0.5, 0.6) is 0 Å². The van der Waals surface area contributed by atoms with Crippen molar-refractivity contribution in [2.24, 2.45) is 5.10 Å². The Hall–Kier alpha value is -2.35. The van der Waals surface area contributed by atoms with Crippen LogP contribution in [0.4, 0.5) is 5.69 Å². The quantitative estimate of drug-likeness (QED) is 0.490. The third-order valence-corrected chi connectivity index (χ3v) is 2.05. The van der Waals surface area contributed by atoms with Crippen molar-refractivity contribution in [1.29, 1.82) is 5.26 Å². The Labute approximate surface area is 106 Å². The summed E-state index contributed by atoms with van der Waals surface area (Å²) in [7, 11) is 0. The van der Waals surface area contributed by atoms with Gasteiger partial charge in [-0.2, -0.15) is 10.4 Å². The number of benzene rings is 1. The molecule has 18 heavy (non-hydrogen) atoms. The van der Waals surface area contributed by atoms with Crippen molar-refractivity contribution >= 4 is 17.4 Å². The average Bonchev–Trinajstić information content (AvgIpc) is 2.37. The molecule has 5 nitrogen and oxygen atoms in total. The fraction of sp³-hybridized carbons (Fsp3) is 0.308. The van der Waals surface area contributed by atoms with Gasteiger partial charge in [-0.25, -0.2) is 4.79 Å². The second-order valence-corrected chi connectivity index (χ2v) is 3.69. The predicted octanol–water partition coefficient (Wildman–Crippen LogP) is 2.24. The number of carbonyl (C=O) groups is 1. The molecule has 1 aromatic rings. The van der Waals surface area contributed by atoms with E-state index >= 15 is 0 Å². The van der Waals surface area contributed by atoms with E-state index in [0.29, 0.717) is 12.1 Å². The number of nitrogens with zero attached hydrogens (tertiary/aromatic N) is 2. The highest BCUT2D eigenvalue weighted by Crippen LogP contribution is 2.09. The van der Waals surface area contributed by atoms with Crippen LogP contribution in [-0.4, -0.2) is 18.3 Å². The summed E-state index contributed by atoms with van der Waals surface area (Å²) in [5.41, 5.74) is 4.14. The Balaban J connectivity index is 2.69. The van der Waals surface area contributed by atoms with Gasteiger partial charge in [0.05, 0.1) is 12.3 Å². The first kappa shape index (κ1) is 13.7. The minimum absolute atomic E-state index is 0.282. The van der Waals surface area contributed by atoms with Crippen molar-refractivity contribution in [3.8, 4) is 6.07 Å². The van der Waals surface area contributed by atoms with E-state index in [2.05, 4.69) is 10.5 Å². The lowest BCUT2D eigenvalue weighted by molar-refractivity contribution is -0.135. The van der Waals surface area contributed by atoms with Crippen LogP contribution < -0.4 is 5.43 Å². The van der Waals surface area contributed by atoms with Gasteiger partial charge in [0.1, 0.15) is 6.07 Å². The van der Waals surface area contributed by atoms with E-state index in [1.807, 2.05) is 32.0 Å². The molecule has 0 fully saturated rings. The first-order valence-corrected chi connectivity index (χ1v) is 5.65. The van der Waals surface area contributed by atoms with E-state index in [0.717, 1.165) is 5.56 Å². The van der Waals surface area contributed by atoms with Crippen LogP contribution in [0.1, 0.15) is 18.9 Å². The van der Waals surface area contributed by atoms with Gasteiger partial charge in [-0.15, -0.1) is 0 Å². The summed E-state index contributed by atoms with van der Waals surface area (Å²) >= 11 is 0. The van der Waals surface area contributed by atoms with Crippen molar-refractivity contribution in [3.63, 3.8) is 0 Å². The van der Waals surface area contributed by atoms with E-state index in [9.17, 15) is 4.79 Å². The largest absolute Gasteiger partial charge is 0.460 e. The Bertz CT molecular complexity index is 489. The van der Waals surface area contributed by atoms with Gasteiger partial charge in [0.25, 0.3) is 0 Å². The van der Waals surface area contributed by atoms with E-state index in [1.165, 1.54) is 0 Å². The fourth-order valence-corrected chi connectivity index (χ4v) is 1.21. The van der Waals surface area contributed by atoms with Crippen LogP contribution in [0.2, 0.25) is 0 Å². The zero-order valence-corrected chi connectivity index (χ0v) is 10.4. The number of hydrogen-bond acceptors (Lipinski definition) is 5. The molecule has 94 valence electrons. The summed E-state index contributed by atoms with van der Waals surface area (Å²) in [5.74, 6) is -0.709. The molecule has 0 bridgehead atoms. The van der Waals surface area contributed by atoms with Gasteiger partial charge in [0, 0.05) is 0 Å². The van der Waals surface area contributed by atoms with Gasteiger partial charge in [-0.05, 0) is 31.0 Å². The normalized spacial score (nSPS) is 10.6. The molecule has 1 N–H and O–H groups in total. The summed E-state index contributed by atoms with van der Waals surface area (Å²) in [6, 6.07) is 9.16. The second kappa shape index (κ2) is 7.07. The number of hydrazone groups is 1. The fourth-order valence-electron chi connectivity index (χ4n) is 1.21. The summed E-state index contributed by atoms with van der Waals surface area (Å²) < 4.78 is 4.82. The van der Waals surface area contributed by atoms with Crippen LogP contribution >= 0.6 is 0 Å². The van der Waals surface area contributed by atoms with Gasteiger partial charge in [0.15, 0.2) is 0 Å². The Kier molecular flexibility index (Phi) is 5.39. The molecular weight excluding hydrogens is 230 g/mol. The number of anilines is 1. The van der Waals surface area contributed by atoms with Crippen LogP contribution in [0, 0.1) is 18.3 Å². The molecule has 0 aliphatic carbocycles. The molecular formula is C13H15N3O2. The zero-order chi connectivity index (χ0) is 13.4. The van der Waals surface area contributed by atoms with Gasteiger partial charge in [-0.1, -0.05) is 19.1 Å². The molecule has 5 heteroatoms. The maximum atomic E-state index is 11.4. The molecule has 0 unspecified atom stereocenters. The molecule has 0 saturated heterocycles. The minimum Gasteiger partial charge on any atom is -0.460 e. The molecule has 1 rings (SSSR count). The Morgan fingerprint density at radius 1 is 1.56 bits per heavy atom. The number of rotatable bonds is 5. The van der Waals surface area contributed by atoms with Gasteiger partial charge < -0.3 is 4.74 Å². The van der Waals surface area contributed by atoms with Gasteiger partial charge >= 0.3 is 5.97 Å². The number of ether oxygens (including phenoxy) is 1.